The second-order valence-electron chi connectivity index (χ2n) is 5.29. The van der Waals surface area contributed by atoms with E-state index in [2.05, 4.69) is 10.6 Å². The highest BCUT2D eigenvalue weighted by Gasteiger charge is 2.18. The predicted molar refractivity (Wildman–Crippen MR) is 65.2 cm³/mol. The lowest BCUT2D eigenvalue weighted by atomic mass is 9.83. The Hall–Kier alpha value is -0.570. The summed E-state index contributed by atoms with van der Waals surface area (Å²) >= 11 is 0. The van der Waals surface area contributed by atoms with E-state index in [1.165, 1.54) is 38.5 Å². The topological polar surface area (TPSA) is 41.1 Å². The lowest BCUT2D eigenvalue weighted by Crippen LogP contribution is -2.39. The molecule has 1 unspecified atom stereocenters. The van der Waals surface area contributed by atoms with Gasteiger partial charge in [0.25, 0.3) is 0 Å². The molecule has 3 heteroatoms. The molecule has 2 aliphatic rings. The van der Waals surface area contributed by atoms with Gasteiger partial charge in [0.15, 0.2) is 0 Å². The molecule has 0 bridgehead atoms. The summed E-state index contributed by atoms with van der Waals surface area (Å²) in [6.45, 7) is 1.97. The van der Waals surface area contributed by atoms with Crippen molar-refractivity contribution in [2.24, 2.45) is 5.92 Å². The summed E-state index contributed by atoms with van der Waals surface area (Å²) in [5, 5.41) is 6.46. The summed E-state index contributed by atoms with van der Waals surface area (Å²) in [5.74, 6) is 1.13. The van der Waals surface area contributed by atoms with E-state index in [9.17, 15) is 4.79 Å². The number of hydrogen-bond donors (Lipinski definition) is 2. The van der Waals surface area contributed by atoms with Crippen LogP contribution in [0.15, 0.2) is 0 Å². The molecule has 1 atom stereocenters. The van der Waals surface area contributed by atoms with Crippen LogP contribution in [-0.2, 0) is 4.79 Å². The third-order valence-electron chi connectivity index (χ3n) is 3.94. The number of piperidine rings is 1. The fourth-order valence-corrected chi connectivity index (χ4v) is 2.59. The SMILES string of the molecule is O=C(CC1CCCCN1)NCCC1CCC1. The molecule has 92 valence electrons. The van der Waals surface area contributed by atoms with Crippen molar-refractivity contribution >= 4 is 5.91 Å². The molecule has 0 spiro atoms. The van der Waals surface area contributed by atoms with Crippen molar-refractivity contribution in [1.29, 1.82) is 0 Å². The van der Waals surface area contributed by atoms with Gasteiger partial charge in [0.05, 0.1) is 0 Å². The van der Waals surface area contributed by atoms with E-state index in [0.29, 0.717) is 12.5 Å². The smallest absolute Gasteiger partial charge is 0.221 e. The molecule has 2 N–H and O–H groups in total. The van der Waals surface area contributed by atoms with Crippen molar-refractivity contribution in [2.45, 2.75) is 57.4 Å². The molecule has 2 fully saturated rings. The van der Waals surface area contributed by atoms with Crippen molar-refractivity contribution in [2.75, 3.05) is 13.1 Å². The van der Waals surface area contributed by atoms with E-state index >= 15 is 0 Å². The number of hydrogen-bond acceptors (Lipinski definition) is 2. The molecule has 0 aromatic heterocycles. The van der Waals surface area contributed by atoms with Crippen molar-refractivity contribution in [3.8, 4) is 0 Å². The highest BCUT2D eigenvalue weighted by atomic mass is 16.1. The summed E-state index contributed by atoms with van der Waals surface area (Å²) in [4.78, 5) is 11.6. The monoisotopic (exact) mass is 224 g/mol. The van der Waals surface area contributed by atoms with Crippen LogP contribution in [0.2, 0.25) is 0 Å². The van der Waals surface area contributed by atoms with Gasteiger partial charge in [0.1, 0.15) is 0 Å². The van der Waals surface area contributed by atoms with Gasteiger partial charge >= 0.3 is 0 Å². The van der Waals surface area contributed by atoms with Crippen LogP contribution < -0.4 is 10.6 Å². The Morgan fingerprint density at radius 2 is 2.06 bits per heavy atom. The standard InChI is InChI=1S/C13H24N2O/c16-13(10-12-6-1-2-8-14-12)15-9-7-11-4-3-5-11/h11-12,14H,1-10H2,(H,15,16). The summed E-state index contributed by atoms with van der Waals surface area (Å²) < 4.78 is 0. The molecule has 0 aromatic rings. The maximum absolute atomic E-state index is 11.6. The first-order valence-electron chi connectivity index (χ1n) is 6.84. The average Bonchev–Trinajstić information content (AvgIpc) is 2.23. The largest absolute Gasteiger partial charge is 0.356 e. The van der Waals surface area contributed by atoms with Crippen LogP contribution in [0, 0.1) is 5.92 Å². The molecular formula is C13H24N2O. The molecular weight excluding hydrogens is 200 g/mol. The summed E-state index contributed by atoms with van der Waals surface area (Å²) in [5.41, 5.74) is 0. The van der Waals surface area contributed by atoms with Gasteiger partial charge in [-0.3, -0.25) is 4.79 Å². The van der Waals surface area contributed by atoms with Gasteiger partial charge in [-0.1, -0.05) is 25.7 Å². The Morgan fingerprint density at radius 1 is 1.19 bits per heavy atom. The maximum Gasteiger partial charge on any atom is 0.221 e. The highest BCUT2D eigenvalue weighted by molar-refractivity contribution is 5.76. The van der Waals surface area contributed by atoms with E-state index in [-0.39, 0.29) is 5.91 Å². The molecule has 3 nitrogen and oxygen atoms in total. The first-order valence-corrected chi connectivity index (χ1v) is 6.84. The first-order chi connectivity index (χ1) is 7.84. The summed E-state index contributed by atoms with van der Waals surface area (Å²) in [7, 11) is 0. The Labute approximate surface area is 98.4 Å². The minimum Gasteiger partial charge on any atom is -0.356 e. The number of nitrogens with one attached hydrogen (secondary N) is 2. The van der Waals surface area contributed by atoms with Crippen LogP contribution in [0.3, 0.4) is 0 Å². The molecule has 1 heterocycles. The Kier molecular flexibility index (Phi) is 4.64. The van der Waals surface area contributed by atoms with Crippen molar-refractivity contribution in [3.05, 3.63) is 0 Å². The van der Waals surface area contributed by atoms with Gasteiger partial charge < -0.3 is 10.6 Å². The van der Waals surface area contributed by atoms with Gasteiger partial charge in [0, 0.05) is 19.0 Å². The normalized spacial score (nSPS) is 26.1. The van der Waals surface area contributed by atoms with E-state index in [1.54, 1.807) is 0 Å². The fourth-order valence-electron chi connectivity index (χ4n) is 2.59. The Balaban J connectivity index is 1.52. The zero-order valence-electron chi connectivity index (χ0n) is 10.1. The molecule has 0 radical (unpaired) electrons. The number of amides is 1. The van der Waals surface area contributed by atoms with Crippen molar-refractivity contribution in [1.82, 2.24) is 10.6 Å². The second-order valence-corrected chi connectivity index (χ2v) is 5.29. The zero-order valence-corrected chi connectivity index (χ0v) is 10.1. The van der Waals surface area contributed by atoms with Crippen molar-refractivity contribution in [3.63, 3.8) is 0 Å². The second kappa shape index (κ2) is 6.24. The summed E-state index contributed by atoms with van der Waals surface area (Å²) in [6, 6.07) is 0.428. The highest BCUT2D eigenvalue weighted by Crippen LogP contribution is 2.28. The van der Waals surface area contributed by atoms with Gasteiger partial charge in [-0.25, -0.2) is 0 Å². The van der Waals surface area contributed by atoms with E-state index in [0.717, 1.165) is 25.4 Å². The van der Waals surface area contributed by atoms with E-state index < -0.39 is 0 Å². The van der Waals surface area contributed by atoms with Crippen LogP contribution in [0.5, 0.6) is 0 Å². The molecule has 1 saturated carbocycles. The first kappa shape index (κ1) is 11.9. The molecule has 1 saturated heterocycles. The van der Waals surface area contributed by atoms with E-state index in [1.807, 2.05) is 0 Å². The average molecular weight is 224 g/mol. The molecule has 1 amide bonds. The van der Waals surface area contributed by atoms with Crippen LogP contribution in [0.1, 0.15) is 51.4 Å². The van der Waals surface area contributed by atoms with Gasteiger partial charge in [-0.05, 0) is 31.7 Å². The molecule has 0 aromatic carbocycles. The minimum atomic E-state index is 0.235. The zero-order chi connectivity index (χ0) is 11.2. The Morgan fingerprint density at radius 3 is 2.69 bits per heavy atom. The third kappa shape index (κ3) is 3.78. The number of carbonyl (C=O) groups excluding carboxylic acids is 1. The molecule has 1 aliphatic heterocycles. The maximum atomic E-state index is 11.6. The van der Waals surface area contributed by atoms with Crippen LogP contribution >= 0.6 is 0 Å². The van der Waals surface area contributed by atoms with Crippen LogP contribution in [0.4, 0.5) is 0 Å². The third-order valence-corrected chi connectivity index (χ3v) is 3.94. The van der Waals surface area contributed by atoms with Gasteiger partial charge in [-0.2, -0.15) is 0 Å². The lowest BCUT2D eigenvalue weighted by Gasteiger charge is -2.26. The van der Waals surface area contributed by atoms with Gasteiger partial charge in [-0.15, -0.1) is 0 Å². The molecule has 1 aliphatic carbocycles. The number of rotatable bonds is 5. The fraction of sp³-hybridized carbons (Fsp3) is 0.923. The van der Waals surface area contributed by atoms with Crippen LogP contribution in [-0.4, -0.2) is 25.0 Å². The van der Waals surface area contributed by atoms with Gasteiger partial charge in [0.2, 0.25) is 5.91 Å². The van der Waals surface area contributed by atoms with E-state index in [4.69, 9.17) is 0 Å². The number of carbonyl (C=O) groups is 1. The Bertz CT molecular complexity index is 220. The summed E-state index contributed by atoms with van der Waals surface area (Å²) in [6.07, 6.45) is 9.70. The minimum absolute atomic E-state index is 0.235. The predicted octanol–water partition coefficient (Wildman–Crippen LogP) is 1.82. The quantitative estimate of drug-likeness (QED) is 0.748. The lowest BCUT2D eigenvalue weighted by molar-refractivity contribution is -0.121. The van der Waals surface area contributed by atoms with Crippen molar-refractivity contribution < 1.29 is 4.79 Å². The molecule has 16 heavy (non-hydrogen) atoms. The molecule has 2 rings (SSSR count). The van der Waals surface area contributed by atoms with Crippen LogP contribution in [0.25, 0.3) is 0 Å².